The van der Waals surface area contributed by atoms with E-state index < -0.39 is 0 Å². The van der Waals surface area contributed by atoms with E-state index in [1.807, 2.05) is 31.3 Å². The van der Waals surface area contributed by atoms with Gasteiger partial charge in [-0.05, 0) is 42.7 Å². The van der Waals surface area contributed by atoms with Crippen molar-refractivity contribution in [3.63, 3.8) is 0 Å². The van der Waals surface area contributed by atoms with Gasteiger partial charge in [0.2, 0.25) is 0 Å². The maximum atomic E-state index is 4.16. The number of nitrogens with zero attached hydrogens (tertiary/aromatic N) is 2. The van der Waals surface area contributed by atoms with Crippen LogP contribution in [0.1, 0.15) is 34.9 Å². The first kappa shape index (κ1) is 16.5. The van der Waals surface area contributed by atoms with Crippen molar-refractivity contribution in [1.29, 1.82) is 0 Å². The number of hydrogen-bond acceptors (Lipinski definition) is 3. The van der Waals surface area contributed by atoms with Crippen LogP contribution in [0.4, 0.5) is 5.69 Å². The molecule has 0 aliphatic carbocycles. The van der Waals surface area contributed by atoms with Crippen molar-refractivity contribution < 1.29 is 0 Å². The van der Waals surface area contributed by atoms with Gasteiger partial charge in [0.15, 0.2) is 0 Å². The molecule has 2 aromatic heterocycles. The lowest BCUT2D eigenvalue weighted by Crippen LogP contribution is -1.99. The van der Waals surface area contributed by atoms with E-state index in [1.165, 1.54) is 5.56 Å². The number of rotatable bonds is 4. The number of hydrogen-bond donors (Lipinski definition) is 2. The average Bonchev–Trinajstić information content (AvgIpc) is 3.09. The van der Waals surface area contributed by atoms with Gasteiger partial charge in [0, 0.05) is 23.6 Å². The number of aryl methyl sites for hydroxylation is 2. The van der Waals surface area contributed by atoms with Crippen molar-refractivity contribution in [3.8, 4) is 11.8 Å². The number of anilines is 1. The SMILES string of the molecule is C=C(Nc1ccc(CC)cc1)c1[nH]ncc1C#Cc1cncc(C)c1. The van der Waals surface area contributed by atoms with Crippen molar-refractivity contribution in [2.75, 3.05) is 5.32 Å². The van der Waals surface area contributed by atoms with Crippen LogP contribution in [0, 0.1) is 18.8 Å². The fourth-order valence-corrected chi connectivity index (χ4v) is 2.43. The summed E-state index contributed by atoms with van der Waals surface area (Å²) in [4.78, 5) is 4.16. The highest BCUT2D eigenvalue weighted by Gasteiger charge is 2.07. The van der Waals surface area contributed by atoms with Gasteiger partial charge in [0.25, 0.3) is 0 Å². The lowest BCUT2D eigenvalue weighted by molar-refractivity contribution is 1.07. The topological polar surface area (TPSA) is 53.6 Å². The minimum atomic E-state index is 0.730. The maximum absolute atomic E-state index is 4.16. The Morgan fingerprint density at radius 1 is 1.16 bits per heavy atom. The minimum absolute atomic E-state index is 0.730. The summed E-state index contributed by atoms with van der Waals surface area (Å²) < 4.78 is 0. The van der Waals surface area contributed by atoms with Gasteiger partial charge in [-0.2, -0.15) is 5.10 Å². The molecule has 25 heavy (non-hydrogen) atoms. The Labute approximate surface area is 148 Å². The van der Waals surface area contributed by atoms with E-state index in [2.05, 4.69) is 58.0 Å². The van der Waals surface area contributed by atoms with Gasteiger partial charge < -0.3 is 5.32 Å². The normalized spacial score (nSPS) is 10.0. The zero-order chi connectivity index (χ0) is 17.6. The standard InChI is InChI=1S/C21H20N4/c1-4-17-6-9-20(10-7-17)24-16(3)21-19(14-23-25-21)8-5-18-11-15(2)12-22-13-18/h6-7,9-14,24H,3-4H2,1-2H3,(H,23,25). The molecule has 0 radical (unpaired) electrons. The quantitative estimate of drug-likeness (QED) is 0.707. The number of pyridine rings is 1. The van der Waals surface area contributed by atoms with Crippen molar-refractivity contribution in [3.05, 3.63) is 83.4 Å². The molecule has 0 saturated heterocycles. The van der Waals surface area contributed by atoms with Crippen LogP contribution < -0.4 is 5.32 Å². The number of aromatic nitrogens is 3. The van der Waals surface area contributed by atoms with E-state index in [0.29, 0.717) is 0 Å². The molecule has 1 aromatic carbocycles. The summed E-state index contributed by atoms with van der Waals surface area (Å²) in [6, 6.07) is 10.3. The Morgan fingerprint density at radius 3 is 2.68 bits per heavy atom. The first-order valence-corrected chi connectivity index (χ1v) is 8.18. The molecule has 0 amide bonds. The van der Waals surface area contributed by atoms with Crippen LogP contribution in [0.3, 0.4) is 0 Å². The lowest BCUT2D eigenvalue weighted by Gasteiger charge is -2.09. The van der Waals surface area contributed by atoms with Crippen molar-refractivity contribution in [2.45, 2.75) is 20.3 Å². The van der Waals surface area contributed by atoms with Crippen LogP contribution in [-0.4, -0.2) is 15.2 Å². The molecule has 0 aliphatic heterocycles. The molecular weight excluding hydrogens is 308 g/mol. The van der Waals surface area contributed by atoms with E-state index in [-0.39, 0.29) is 0 Å². The molecule has 0 fully saturated rings. The molecule has 3 rings (SSSR count). The lowest BCUT2D eigenvalue weighted by atomic mass is 10.1. The monoisotopic (exact) mass is 328 g/mol. The van der Waals surface area contributed by atoms with Crippen LogP contribution in [-0.2, 0) is 6.42 Å². The van der Waals surface area contributed by atoms with Gasteiger partial charge in [0.1, 0.15) is 0 Å². The van der Waals surface area contributed by atoms with Crippen LogP contribution in [0.2, 0.25) is 0 Å². The molecule has 0 saturated carbocycles. The predicted molar refractivity (Wildman–Crippen MR) is 102 cm³/mol. The second-order valence-corrected chi connectivity index (χ2v) is 5.81. The summed E-state index contributed by atoms with van der Waals surface area (Å²) in [5.41, 5.74) is 6.56. The summed E-state index contributed by atoms with van der Waals surface area (Å²) in [6.07, 6.45) is 6.29. The van der Waals surface area contributed by atoms with Gasteiger partial charge >= 0.3 is 0 Å². The molecule has 2 N–H and O–H groups in total. The molecule has 0 aliphatic rings. The van der Waals surface area contributed by atoms with Gasteiger partial charge in [-0.15, -0.1) is 0 Å². The first-order valence-electron chi connectivity index (χ1n) is 8.18. The largest absolute Gasteiger partial charge is 0.354 e. The van der Waals surface area contributed by atoms with Gasteiger partial charge in [-0.25, -0.2) is 0 Å². The van der Waals surface area contributed by atoms with Crippen molar-refractivity contribution >= 4 is 11.4 Å². The second-order valence-electron chi connectivity index (χ2n) is 5.81. The molecule has 0 unspecified atom stereocenters. The van der Waals surface area contributed by atoms with Gasteiger partial charge in [0.05, 0.1) is 23.2 Å². The van der Waals surface area contributed by atoms with Crippen LogP contribution in [0.15, 0.2) is 55.5 Å². The number of aromatic amines is 1. The van der Waals surface area contributed by atoms with Crippen molar-refractivity contribution in [2.24, 2.45) is 0 Å². The van der Waals surface area contributed by atoms with E-state index in [1.54, 1.807) is 12.4 Å². The zero-order valence-electron chi connectivity index (χ0n) is 14.4. The van der Waals surface area contributed by atoms with E-state index in [0.717, 1.165) is 40.2 Å². The molecule has 2 heterocycles. The van der Waals surface area contributed by atoms with Gasteiger partial charge in [-0.3, -0.25) is 10.1 Å². The number of benzene rings is 1. The summed E-state index contributed by atoms with van der Waals surface area (Å²) in [7, 11) is 0. The summed E-state index contributed by atoms with van der Waals surface area (Å²) in [5, 5.41) is 10.4. The summed E-state index contributed by atoms with van der Waals surface area (Å²) >= 11 is 0. The third-order valence-corrected chi connectivity index (χ3v) is 3.81. The third-order valence-electron chi connectivity index (χ3n) is 3.81. The first-order chi connectivity index (χ1) is 12.2. The molecule has 0 bridgehead atoms. The van der Waals surface area contributed by atoms with Crippen LogP contribution >= 0.6 is 0 Å². The number of nitrogens with one attached hydrogen (secondary N) is 2. The summed E-state index contributed by atoms with van der Waals surface area (Å²) in [6.45, 7) is 8.24. The van der Waals surface area contributed by atoms with Crippen LogP contribution in [0.5, 0.6) is 0 Å². The van der Waals surface area contributed by atoms with Crippen molar-refractivity contribution in [1.82, 2.24) is 15.2 Å². The Hall–Kier alpha value is -3.32. The highest BCUT2D eigenvalue weighted by molar-refractivity contribution is 5.76. The molecular formula is C21H20N4. The molecule has 4 heteroatoms. The molecule has 3 aromatic rings. The molecule has 124 valence electrons. The van der Waals surface area contributed by atoms with E-state index in [4.69, 9.17) is 0 Å². The zero-order valence-corrected chi connectivity index (χ0v) is 14.4. The fourth-order valence-electron chi connectivity index (χ4n) is 2.43. The summed E-state index contributed by atoms with van der Waals surface area (Å²) in [5.74, 6) is 6.26. The minimum Gasteiger partial charge on any atom is -0.354 e. The van der Waals surface area contributed by atoms with E-state index in [9.17, 15) is 0 Å². The highest BCUT2D eigenvalue weighted by Crippen LogP contribution is 2.19. The smallest absolute Gasteiger partial charge is 0.0963 e. The molecule has 0 spiro atoms. The fraction of sp³-hybridized carbons (Fsp3) is 0.143. The van der Waals surface area contributed by atoms with E-state index >= 15 is 0 Å². The predicted octanol–water partition coefficient (Wildman–Crippen LogP) is 4.16. The number of H-pyrrole nitrogens is 1. The Bertz CT molecular complexity index is 940. The second kappa shape index (κ2) is 7.50. The average molecular weight is 328 g/mol. The van der Waals surface area contributed by atoms with Crippen LogP contribution in [0.25, 0.3) is 5.70 Å². The molecule has 0 atom stereocenters. The Kier molecular flexibility index (Phi) is 4.96. The maximum Gasteiger partial charge on any atom is 0.0963 e. The Morgan fingerprint density at radius 2 is 1.96 bits per heavy atom. The Balaban J connectivity index is 1.77. The third kappa shape index (κ3) is 4.15. The highest BCUT2D eigenvalue weighted by atomic mass is 15.1. The van der Waals surface area contributed by atoms with Gasteiger partial charge in [-0.1, -0.05) is 37.5 Å². The molecule has 4 nitrogen and oxygen atoms in total.